The smallest absolute Gasteiger partial charge is 0.307 e. The van der Waals surface area contributed by atoms with Crippen LogP contribution >= 0.6 is 0 Å². The average Bonchev–Trinajstić information content (AvgIpc) is 2.73. The number of carbonyl (C=O) groups excluding carboxylic acids is 2. The highest BCUT2D eigenvalue weighted by atomic mass is 16.4. The lowest BCUT2D eigenvalue weighted by Crippen LogP contribution is -2.35. The van der Waals surface area contributed by atoms with Gasteiger partial charge in [0.2, 0.25) is 5.91 Å². The largest absolute Gasteiger partial charge is 0.481 e. The van der Waals surface area contributed by atoms with E-state index in [1.807, 2.05) is 36.4 Å². The van der Waals surface area contributed by atoms with Crippen LogP contribution in [0.2, 0.25) is 0 Å². The first-order valence-corrected chi connectivity index (χ1v) is 9.16. The van der Waals surface area contributed by atoms with Crippen molar-refractivity contribution in [3.8, 4) is 0 Å². The van der Waals surface area contributed by atoms with Crippen molar-refractivity contribution >= 4 is 23.5 Å². The van der Waals surface area contributed by atoms with Crippen LogP contribution in [-0.2, 0) is 16.1 Å². The summed E-state index contributed by atoms with van der Waals surface area (Å²) in [5.41, 5.74) is 1.68. The van der Waals surface area contributed by atoms with E-state index in [1.165, 1.54) is 0 Å². The van der Waals surface area contributed by atoms with Crippen LogP contribution in [0, 0.1) is 11.8 Å². The van der Waals surface area contributed by atoms with Crippen LogP contribution < -0.4 is 10.6 Å². The molecule has 2 aromatic rings. The molecule has 0 saturated carbocycles. The lowest BCUT2D eigenvalue weighted by atomic mass is 9.82. The summed E-state index contributed by atoms with van der Waals surface area (Å²) < 4.78 is 0. The fraction of sp³-hybridized carbons (Fsp3) is 0.227. The number of benzene rings is 2. The van der Waals surface area contributed by atoms with Gasteiger partial charge in [0.15, 0.2) is 0 Å². The Morgan fingerprint density at radius 3 is 2.25 bits per heavy atom. The van der Waals surface area contributed by atoms with Gasteiger partial charge >= 0.3 is 5.97 Å². The highest BCUT2D eigenvalue weighted by Gasteiger charge is 2.34. The summed E-state index contributed by atoms with van der Waals surface area (Å²) in [7, 11) is 0. The molecule has 0 aliphatic heterocycles. The Morgan fingerprint density at radius 1 is 0.893 bits per heavy atom. The molecule has 6 heteroatoms. The van der Waals surface area contributed by atoms with Gasteiger partial charge in [-0.3, -0.25) is 14.4 Å². The summed E-state index contributed by atoms with van der Waals surface area (Å²) >= 11 is 0. The molecule has 0 saturated heterocycles. The first-order valence-electron chi connectivity index (χ1n) is 9.16. The number of anilines is 1. The van der Waals surface area contributed by atoms with Gasteiger partial charge in [-0.05, 0) is 30.5 Å². The zero-order valence-corrected chi connectivity index (χ0v) is 15.3. The van der Waals surface area contributed by atoms with E-state index in [0.717, 1.165) is 5.56 Å². The predicted octanol–water partition coefficient (Wildman–Crippen LogP) is 3.22. The lowest BCUT2D eigenvalue weighted by molar-refractivity contribution is -0.146. The Morgan fingerprint density at radius 2 is 1.54 bits per heavy atom. The van der Waals surface area contributed by atoms with E-state index in [2.05, 4.69) is 10.6 Å². The van der Waals surface area contributed by atoms with Crippen molar-refractivity contribution in [1.82, 2.24) is 5.32 Å². The van der Waals surface area contributed by atoms with Crippen molar-refractivity contribution in [3.05, 3.63) is 77.9 Å². The number of rotatable bonds is 6. The fourth-order valence-corrected chi connectivity index (χ4v) is 3.27. The fourth-order valence-electron chi connectivity index (χ4n) is 3.27. The Kier molecular flexibility index (Phi) is 6.22. The molecule has 2 unspecified atom stereocenters. The van der Waals surface area contributed by atoms with Gasteiger partial charge in [-0.1, -0.05) is 54.6 Å². The van der Waals surface area contributed by atoms with Crippen molar-refractivity contribution in [2.24, 2.45) is 11.8 Å². The summed E-state index contributed by atoms with van der Waals surface area (Å²) in [4.78, 5) is 36.7. The van der Waals surface area contributed by atoms with E-state index in [0.29, 0.717) is 30.6 Å². The molecule has 2 aromatic carbocycles. The first kappa shape index (κ1) is 19.4. The van der Waals surface area contributed by atoms with Gasteiger partial charge < -0.3 is 15.7 Å². The monoisotopic (exact) mass is 378 g/mol. The maximum atomic E-state index is 12.7. The molecule has 144 valence electrons. The number of amides is 2. The normalized spacial score (nSPS) is 18.3. The summed E-state index contributed by atoms with van der Waals surface area (Å²) in [5, 5.41) is 15.0. The Hall–Kier alpha value is -3.41. The summed E-state index contributed by atoms with van der Waals surface area (Å²) in [5.74, 6) is -3.11. The second kappa shape index (κ2) is 8.99. The van der Waals surface area contributed by atoms with Crippen molar-refractivity contribution in [2.75, 3.05) is 5.32 Å². The number of carbonyl (C=O) groups is 3. The molecular weight excluding hydrogens is 356 g/mol. The summed E-state index contributed by atoms with van der Waals surface area (Å²) in [6, 6.07) is 16.2. The minimum Gasteiger partial charge on any atom is -0.481 e. The number of carboxylic acids is 1. The van der Waals surface area contributed by atoms with Crippen LogP contribution in [0.15, 0.2) is 66.7 Å². The van der Waals surface area contributed by atoms with E-state index < -0.39 is 17.8 Å². The quantitative estimate of drug-likeness (QED) is 0.673. The highest BCUT2D eigenvalue weighted by molar-refractivity contribution is 6.04. The maximum absolute atomic E-state index is 12.7. The standard InChI is InChI=1S/C22H22N2O4/c25-20(23-14-15-8-2-1-3-9-15)18-12-6-7-13-19(18)24-21(26)16-10-4-5-11-17(16)22(27)28/h1-9,12-13,16-17H,10-11,14H2,(H,23,25)(H,24,26)(H,27,28). The molecule has 0 spiro atoms. The van der Waals surface area contributed by atoms with Crippen molar-refractivity contribution in [2.45, 2.75) is 19.4 Å². The van der Waals surface area contributed by atoms with Gasteiger partial charge in [0.1, 0.15) is 0 Å². The van der Waals surface area contributed by atoms with Crippen LogP contribution in [0.3, 0.4) is 0 Å². The Bertz CT molecular complexity index is 892. The third-order valence-corrected chi connectivity index (χ3v) is 4.81. The first-order chi connectivity index (χ1) is 13.6. The average molecular weight is 378 g/mol. The molecular formula is C22H22N2O4. The molecule has 3 N–H and O–H groups in total. The Labute approximate surface area is 163 Å². The molecule has 0 heterocycles. The van der Waals surface area contributed by atoms with Gasteiger partial charge in [0.25, 0.3) is 5.91 Å². The number of allylic oxidation sites excluding steroid dienone is 2. The summed E-state index contributed by atoms with van der Waals surface area (Å²) in [6.45, 7) is 0.371. The van der Waals surface area contributed by atoms with E-state index >= 15 is 0 Å². The minimum absolute atomic E-state index is 0.307. The maximum Gasteiger partial charge on any atom is 0.307 e. The second-order valence-corrected chi connectivity index (χ2v) is 6.70. The van der Waals surface area contributed by atoms with E-state index in [1.54, 1.807) is 30.3 Å². The van der Waals surface area contributed by atoms with Gasteiger partial charge in [-0.2, -0.15) is 0 Å². The Balaban J connectivity index is 1.71. The number of hydrogen-bond acceptors (Lipinski definition) is 3. The van der Waals surface area contributed by atoms with Crippen LogP contribution in [0.25, 0.3) is 0 Å². The molecule has 0 aromatic heterocycles. The third-order valence-electron chi connectivity index (χ3n) is 4.81. The van der Waals surface area contributed by atoms with Crippen LogP contribution in [0.1, 0.15) is 28.8 Å². The van der Waals surface area contributed by atoms with E-state index in [4.69, 9.17) is 0 Å². The lowest BCUT2D eigenvalue weighted by Gasteiger charge is -2.24. The number of carboxylic acid groups (broad SMARTS) is 1. The molecule has 1 aliphatic rings. The van der Waals surface area contributed by atoms with Crippen molar-refractivity contribution in [1.29, 1.82) is 0 Å². The second-order valence-electron chi connectivity index (χ2n) is 6.70. The number of nitrogens with one attached hydrogen (secondary N) is 2. The molecule has 28 heavy (non-hydrogen) atoms. The van der Waals surface area contributed by atoms with E-state index in [-0.39, 0.29) is 11.8 Å². The molecule has 1 aliphatic carbocycles. The van der Waals surface area contributed by atoms with Gasteiger partial charge in [-0.15, -0.1) is 0 Å². The highest BCUT2D eigenvalue weighted by Crippen LogP contribution is 2.28. The molecule has 0 bridgehead atoms. The van der Waals surface area contributed by atoms with Gasteiger partial charge in [0, 0.05) is 6.54 Å². The van der Waals surface area contributed by atoms with Crippen molar-refractivity contribution < 1.29 is 19.5 Å². The van der Waals surface area contributed by atoms with Crippen LogP contribution in [-0.4, -0.2) is 22.9 Å². The van der Waals surface area contributed by atoms with Gasteiger partial charge in [-0.25, -0.2) is 0 Å². The number of aliphatic carboxylic acids is 1. The topological polar surface area (TPSA) is 95.5 Å². The molecule has 2 atom stereocenters. The minimum atomic E-state index is -0.988. The zero-order valence-electron chi connectivity index (χ0n) is 15.3. The molecule has 0 fully saturated rings. The van der Waals surface area contributed by atoms with Gasteiger partial charge in [0.05, 0.1) is 23.1 Å². The van der Waals surface area contributed by atoms with Crippen molar-refractivity contribution in [3.63, 3.8) is 0 Å². The molecule has 6 nitrogen and oxygen atoms in total. The zero-order chi connectivity index (χ0) is 19.9. The van der Waals surface area contributed by atoms with Crippen LogP contribution in [0.5, 0.6) is 0 Å². The third kappa shape index (κ3) is 4.65. The van der Waals surface area contributed by atoms with E-state index in [9.17, 15) is 19.5 Å². The molecule has 0 radical (unpaired) electrons. The predicted molar refractivity (Wildman–Crippen MR) is 106 cm³/mol. The molecule has 2 amide bonds. The summed E-state index contributed by atoms with van der Waals surface area (Å²) in [6.07, 6.45) is 4.30. The SMILES string of the molecule is O=C(NCc1ccccc1)c1ccccc1NC(=O)C1CC=CCC1C(=O)O. The number of hydrogen-bond donors (Lipinski definition) is 3. The van der Waals surface area contributed by atoms with Crippen LogP contribution in [0.4, 0.5) is 5.69 Å². The molecule has 3 rings (SSSR count). The number of para-hydroxylation sites is 1.